The summed E-state index contributed by atoms with van der Waals surface area (Å²) >= 11 is 5.64. The Labute approximate surface area is 116 Å². The molecule has 0 aromatic heterocycles. The van der Waals surface area contributed by atoms with Crippen LogP contribution in [0.4, 0.5) is 14.5 Å². The molecule has 0 spiro atoms. The Morgan fingerprint density at radius 2 is 1.89 bits per heavy atom. The normalized spacial score (nSPS) is 10.8. The molecule has 0 aliphatic carbocycles. The molecule has 0 heterocycles. The van der Waals surface area contributed by atoms with Gasteiger partial charge in [-0.15, -0.1) is 0 Å². The Hall–Kier alpha value is -0.880. The minimum atomic E-state index is -2.39. The molecule has 18 heavy (non-hydrogen) atoms. The van der Waals surface area contributed by atoms with Crippen molar-refractivity contribution in [3.63, 3.8) is 0 Å². The molecule has 6 heteroatoms. The third kappa shape index (κ3) is 6.16. The highest BCUT2D eigenvalue weighted by atomic mass is 32.2. The average molecular weight is 290 g/mol. The predicted octanol–water partition coefficient (Wildman–Crippen LogP) is 3.94. The molecule has 0 aliphatic rings. The van der Waals surface area contributed by atoms with Crippen LogP contribution in [0.2, 0.25) is 0 Å². The van der Waals surface area contributed by atoms with E-state index in [4.69, 9.17) is 12.2 Å². The van der Waals surface area contributed by atoms with Gasteiger partial charge in [0.25, 0.3) is 5.76 Å². The summed E-state index contributed by atoms with van der Waals surface area (Å²) < 4.78 is 24.2. The molecular formula is C12H16F2N2S2. The summed E-state index contributed by atoms with van der Waals surface area (Å²) in [6.07, 6.45) is 0. The zero-order valence-electron chi connectivity index (χ0n) is 10.2. The van der Waals surface area contributed by atoms with E-state index in [0.717, 1.165) is 12.2 Å². The lowest BCUT2D eigenvalue weighted by molar-refractivity contribution is 0.252. The van der Waals surface area contributed by atoms with Crippen molar-refractivity contribution < 1.29 is 8.78 Å². The number of thioether (sulfide) groups is 1. The highest BCUT2D eigenvalue weighted by Crippen LogP contribution is 2.26. The van der Waals surface area contributed by atoms with Crippen LogP contribution in [0.1, 0.15) is 13.8 Å². The Bertz CT molecular complexity index is 380. The van der Waals surface area contributed by atoms with Crippen molar-refractivity contribution in [3.05, 3.63) is 24.3 Å². The SMILES string of the molecule is CC(C)CNC(=S)Nc1ccc(SC(F)F)cc1. The first kappa shape index (κ1) is 15.2. The highest BCUT2D eigenvalue weighted by molar-refractivity contribution is 7.99. The molecule has 1 rings (SSSR count). The maximum atomic E-state index is 12.1. The second kappa shape index (κ2) is 7.53. The highest BCUT2D eigenvalue weighted by Gasteiger charge is 2.05. The van der Waals surface area contributed by atoms with Gasteiger partial charge in [0.05, 0.1) is 0 Å². The van der Waals surface area contributed by atoms with Crippen LogP contribution in [0.15, 0.2) is 29.2 Å². The molecule has 0 bridgehead atoms. The van der Waals surface area contributed by atoms with Crippen LogP contribution in [-0.4, -0.2) is 17.4 Å². The molecule has 2 nitrogen and oxygen atoms in total. The van der Waals surface area contributed by atoms with Crippen LogP contribution in [-0.2, 0) is 0 Å². The second-order valence-corrected chi connectivity index (χ2v) is 5.60. The van der Waals surface area contributed by atoms with Crippen LogP contribution in [0.25, 0.3) is 0 Å². The molecule has 0 saturated carbocycles. The Balaban J connectivity index is 2.45. The van der Waals surface area contributed by atoms with Crippen molar-refractivity contribution in [3.8, 4) is 0 Å². The van der Waals surface area contributed by atoms with Crippen LogP contribution in [0.3, 0.4) is 0 Å². The first-order valence-corrected chi connectivity index (χ1v) is 6.86. The molecule has 0 atom stereocenters. The first-order chi connectivity index (χ1) is 8.47. The number of anilines is 1. The molecular weight excluding hydrogens is 274 g/mol. The number of nitrogens with one attached hydrogen (secondary N) is 2. The van der Waals surface area contributed by atoms with Gasteiger partial charge in [0.1, 0.15) is 0 Å². The topological polar surface area (TPSA) is 24.1 Å². The summed E-state index contributed by atoms with van der Waals surface area (Å²) in [5.74, 6) is -1.88. The number of hydrogen-bond donors (Lipinski definition) is 2. The number of thiocarbonyl (C=S) groups is 1. The lowest BCUT2D eigenvalue weighted by atomic mass is 10.2. The Morgan fingerprint density at radius 1 is 1.28 bits per heavy atom. The van der Waals surface area contributed by atoms with Crippen LogP contribution < -0.4 is 10.6 Å². The molecule has 0 fully saturated rings. The Kier molecular flexibility index (Phi) is 6.35. The summed E-state index contributed by atoms with van der Waals surface area (Å²) in [4.78, 5) is 0.539. The third-order valence-corrected chi connectivity index (χ3v) is 2.98. The largest absolute Gasteiger partial charge is 0.362 e. The Morgan fingerprint density at radius 3 is 2.39 bits per heavy atom. The smallest absolute Gasteiger partial charge is 0.288 e. The summed E-state index contributed by atoms with van der Waals surface area (Å²) in [5, 5.41) is 6.61. The van der Waals surface area contributed by atoms with Gasteiger partial charge >= 0.3 is 0 Å². The monoisotopic (exact) mass is 290 g/mol. The van der Waals surface area contributed by atoms with Crippen molar-refractivity contribution in [2.24, 2.45) is 5.92 Å². The van der Waals surface area contributed by atoms with Gasteiger partial charge in [-0.25, -0.2) is 0 Å². The van der Waals surface area contributed by atoms with E-state index < -0.39 is 5.76 Å². The molecule has 0 unspecified atom stereocenters. The lowest BCUT2D eigenvalue weighted by Gasteiger charge is -2.12. The fourth-order valence-corrected chi connectivity index (χ4v) is 1.89. The van der Waals surface area contributed by atoms with E-state index in [2.05, 4.69) is 24.5 Å². The van der Waals surface area contributed by atoms with Crippen molar-refractivity contribution in [1.29, 1.82) is 0 Å². The molecule has 100 valence electrons. The molecule has 0 saturated heterocycles. The van der Waals surface area contributed by atoms with E-state index in [1.807, 2.05) is 0 Å². The van der Waals surface area contributed by atoms with Crippen molar-refractivity contribution in [2.45, 2.75) is 24.5 Å². The minimum Gasteiger partial charge on any atom is -0.362 e. The summed E-state index contributed by atoms with van der Waals surface area (Å²) in [6.45, 7) is 4.98. The molecule has 0 radical (unpaired) electrons. The maximum absolute atomic E-state index is 12.1. The zero-order chi connectivity index (χ0) is 13.5. The van der Waals surface area contributed by atoms with Gasteiger partial charge in [0.15, 0.2) is 5.11 Å². The van der Waals surface area contributed by atoms with Gasteiger partial charge in [-0.2, -0.15) is 8.78 Å². The van der Waals surface area contributed by atoms with E-state index in [0.29, 0.717) is 27.7 Å². The number of rotatable bonds is 5. The van der Waals surface area contributed by atoms with Crippen molar-refractivity contribution in [1.82, 2.24) is 5.32 Å². The number of benzene rings is 1. The number of halogens is 2. The fraction of sp³-hybridized carbons (Fsp3) is 0.417. The van der Waals surface area contributed by atoms with Gasteiger partial charge in [0.2, 0.25) is 0 Å². The average Bonchev–Trinajstić information content (AvgIpc) is 2.28. The zero-order valence-corrected chi connectivity index (χ0v) is 11.9. The van der Waals surface area contributed by atoms with Crippen LogP contribution in [0.5, 0.6) is 0 Å². The van der Waals surface area contributed by atoms with E-state index in [-0.39, 0.29) is 0 Å². The maximum Gasteiger partial charge on any atom is 0.288 e. The number of hydrogen-bond acceptors (Lipinski definition) is 2. The van der Waals surface area contributed by atoms with E-state index in [1.165, 1.54) is 0 Å². The van der Waals surface area contributed by atoms with Gasteiger partial charge in [-0.05, 0) is 42.4 Å². The molecule has 1 aromatic carbocycles. The third-order valence-electron chi connectivity index (χ3n) is 2.01. The van der Waals surface area contributed by atoms with Gasteiger partial charge in [0, 0.05) is 17.1 Å². The molecule has 1 aromatic rings. The minimum absolute atomic E-state index is 0.509. The van der Waals surface area contributed by atoms with E-state index in [1.54, 1.807) is 24.3 Å². The summed E-state index contributed by atoms with van der Waals surface area (Å²) in [7, 11) is 0. The predicted molar refractivity (Wildman–Crippen MR) is 77.4 cm³/mol. The quantitative estimate of drug-likeness (QED) is 0.633. The van der Waals surface area contributed by atoms with Crippen molar-refractivity contribution in [2.75, 3.05) is 11.9 Å². The van der Waals surface area contributed by atoms with Crippen LogP contribution in [0, 0.1) is 5.92 Å². The lowest BCUT2D eigenvalue weighted by Crippen LogP contribution is -2.31. The fourth-order valence-electron chi connectivity index (χ4n) is 1.19. The van der Waals surface area contributed by atoms with Crippen molar-refractivity contribution >= 4 is 34.8 Å². The first-order valence-electron chi connectivity index (χ1n) is 5.57. The summed E-state index contributed by atoms with van der Waals surface area (Å²) in [5.41, 5.74) is 0.787. The van der Waals surface area contributed by atoms with Gasteiger partial charge in [-0.1, -0.05) is 25.6 Å². The van der Waals surface area contributed by atoms with E-state index in [9.17, 15) is 8.78 Å². The molecule has 0 amide bonds. The molecule has 0 aliphatic heterocycles. The van der Waals surface area contributed by atoms with Gasteiger partial charge < -0.3 is 10.6 Å². The summed E-state index contributed by atoms with van der Waals surface area (Å²) in [6, 6.07) is 6.75. The van der Waals surface area contributed by atoms with Crippen LogP contribution >= 0.6 is 24.0 Å². The number of alkyl halides is 2. The van der Waals surface area contributed by atoms with E-state index >= 15 is 0 Å². The van der Waals surface area contributed by atoms with Gasteiger partial charge in [-0.3, -0.25) is 0 Å². The molecule has 2 N–H and O–H groups in total. The standard InChI is InChI=1S/C12H16F2N2S2/c1-8(2)7-15-12(17)16-9-3-5-10(6-4-9)18-11(13)14/h3-6,8,11H,7H2,1-2H3,(H2,15,16,17). The second-order valence-electron chi connectivity index (χ2n) is 4.13.